The van der Waals surface area contributed by atoms with Crippen molar-refractivity contribution in [1.82, 2.24) is 5.32 Å². The maximum absolute atomic E-state index is 12.1. The normalized spacial score (nSPS) is 9.81. The lowest BCUT2D eigenvalue weighted by Gasteiger charge is -2.06. The second kappa shape index (κ2) is 6.93. The molecule has 4 N–H and O–H groups in total. The fourth-order valence-electron chi connectivity index (χ4n) is 1.75. The smallest absolute Gasteiger partial charge is 0.251 e. The van der Waals surface area contributed by atoms with Crippen molar-refractivity contribution in [3.05, 3.63) is 51.2 Å². The van der Waals surface area contributed by atoms with Crippen molar-refractivity contribution in [2.45, 2.75) is 13.5 Å². The molecule has 108 valence electrons. The molecule has 0 spiro atoms. The van der Waals surface area contributed by atoms with E-state index < -0.39 is 0 Å². The van der Waals surface area contributed by atoms with Gasteiger partial charge in [-0.3, -0.25) is 4.79 Å². The number of nitrogens with two attached hydrogens (primary N) is 1. The van der Waals surface area contributed by atoms with E-state index in [1.165, 1.54) is 17.4 Å². The first-order valence-corrected chi connectivity index (χ1v) is 7.33. The highest BCUT2D eigenvalue weighted by atomic mass is 32.1. The SMILES string of the molecule is Cc1ccc(C(=O)NCc2sccc2C#CCN)cc1O. The molecule has 1 amide bonds. The summed E-state index contributed by atoms with van der Waals surface area (Å²) in [5.41, 5.74) is 7.42. The maximum Gasteiger partial charge on any atom is 0.251 e. The molecule has 0 radical (unpaired) electrons. The monoisotopic (exact) mass is 300 g/mol. The number of phenolic OH excluding ortho intramolecular Hbond substituents is 1. The summed E-state index contributed by atoms with van der Waals surface area (Å²) in [4.78, 5) is 13.0. The molecule has 0 unspecified atom stereocenters. The molecule has 1 heterocycles. The molecule has 0 atom stereocenters. The molecular formula is C16H16N2O2S. The zero-order valence-corrected chi connectivity index (χ0v) is 12.5. The van der Waals surface area contributed by atoms with Crippen molar-refractivity contribution in [3.63, 3.8) is 0 Å². The number of nitrogens with one attached hydrogen (secondary N) is 1. The molecule has 0 bridgehead atoms. The number of hydrogen-bond donors (Lipinski definition) is 3. The summed E-state index contributed by atoms with van der Waals surface area (Å²) in [5, 5.41) is 14.4. The Labute approximate surface area is 127 Å². The van der Waals surface area contributed by atoms with Crippen LogP contribution in [0.5, 0.6) is 5.75 Å². The highest BCUT2D eigenvalue weighted by molar-refractivity contribution is 7.10. The molecule has 2 aromatic rings. The van der Waals surface area contributed by atoms with Gasteiger partial charge in [0, 0.05) is 16.0 Å². The van der Waals surface area contributed by atoms with Crippen LogP contribution in [0.4, 0.5) is 0 Å². The third-order valence-corrected chi connectivity index (χ3v) is 3.87. The van der Waals surface area contributed by atoms with E-state index in [2.05, 4.69) is 17.2 Å². The predicted octanol–water partition coefficient (Wildman–Crippen LogP) is 2.00. The molecule has 0 saturated carbocycles. The summed E-state index contributed by atoms with van der Waals surface area (Å²) >= 11 is 1.54. The Morgan fingerprint density at radius 1 is 1.43 bits per heavy atom. The molecule has 1 aromatic heterocycles. The van der Waals surface area contributed by atoms with Crippen LogP contribution in [0.15, 0.2) is 29.6 Å². The molecule has 0 fully saturated rings. The first-order chi connectivity index (χ1) is 10.1. The molecule has 4 nitrogen and oxygen atoms in total. The van der Waals surface area contributed by atoms with Crippen LogP contribution in [0.25, 0.3) is 0 Å². The number of phenols is 1. The number of rotatable bonds is 3. The summed E-state index contributed by atoms with van der Waals surface area (Å²) in [6, 6.07) is 6.78. The summed E-state index contributed by atoms with van der Waals surface area (Å²) in [5.74, 6) is 5.67. The Hall–Kier alpha value is -2.29. The molecule has 2 rings (SSSR count). The minimum absolute atomic E-state index is 0.119. The lowest BCUT2D eigenvalue weighted by atomic mass is 10.1. The quantitative estimate of drug-likeness (QED) is 0.759. The van der Waals surface area contributed by atoms with Gasteiger partial charge in [-0.05, 0) is 36.1 Å². The van der Waals surface area contributed by atoms with Crippen LogP contribution in [0.3, 0.4) is 0 Å². The van der Waals surface area contributed by atoms with Crippen LogP contribution in [-0.4, -0.2) is 17.6 Å². The Bertz CT molecular complexity index is 711. The summed E-state index contributed by atoms with van der Waals surface area (Å²) in [6.07, 6.45) is 0. The maximum atomic E-state index is 12.1. The van der Waals surface area contributed by atoms with E-state index in [4.69, 9.17) is 5.73 Å². The number of benzene rings is 1. The number of hydrogen-bond acceptors (Lipinski definition) is 4. The molecule has 5 heteroatoms. The highest BCUT2D eigenvalue weighted by Gasteiger charge is 2.09. The molecule has 21 heavy (non-hydrogen) atoms. The number of carbonyl (C=O) groups excluding carboxylic acids is 1. The Kier molecular flexibility index (Phi) is 4.99. The lowest BCUT2D eigenvalue weighted by Crippen LogP contribution is -2.22. The van der Waals surface area contributed by atoms with E-state index in [9.17, 15) is 9.90 Å². The van der Waals surface area contributed by atoms with E-state index in [1.54, 1.807) is 19.1 Å². The van der Waals surface area contributed by atoms with Crippen molar-refractivity contribution in [3.8, 4) is 17.6 Å². The fraction of sp³-hybridized carbons (Fsp3) is 0.188. The van der Waals surface area contributed by atoms with Crippen LogP contribution < -0.4 is 11.1 Å². The van der Waals surface area contributed by atoms with Crippen LogP contribution >= 0.6 is 11.3 Å². The van der Waals surface area contributed by atoms with Crippen LogP contribution in [-0.2, 0) is 6.54 Å². The first kappa shape index (κ1) is 15.1. The van der Waals surface area contributed by atoms with E-state index in [0.717, 1.165) is 16.0 Å². The third-order valence-electron chi connectivity index (χ3n) is 2.95. The first-order valence-electron chi connectivity index (χ1n) is 6.45. The van der Waals surface area contributed by atoms with Gasteiger partial charge in [0.25, 0.3) is 5.91 Å². The Morgan fingerprint density at radius 2 is 2.24 bits per heavy atom. The minimum atomic E-state index is -0.226. The van der Waals surface area contributed by atoms with Gasteiger partial charge in [0.15, 0.2) is 0 Å². The van der Waals surface area contributed by atoms with Crippen molar-refractivity contribution in [1.29, 1.82) is 0 Å². The number of aromatic hydroxyl groups is 1. The van der Waals surface area contributed by atoms with Gasteiger partial charge in [0.2, 0.25) is 0 Å². The van der Waals surface area contributed by atoms with Crippen molar-refractivity contribution < 1.29 is 9.90 Å². The van der Waals surface area contributed by atoms with E-state index in [-0.39, 0.29) is 11.7 Å². The lowest BCUT2D eigenvalue weighted by molar-refractivity contribution is 0.0951. The number of aryl methyl sites for hydroxylation is 1. The standard InChI is InChI=1S/C16H16N2O2S/c1-11-4-5-13(9-14(11)19)16(20)18-10-15-12(3-2-7-17)6-8-21-15/h4-6,8-9,19H,7,10,17H2,1H3,(H,18,20). The topological polar surface area (TPSA) is 75.4 Å². The van der Waals surface area contributed by atoms with Gasteiger partial charge in [0.05, 0.1) is 13.1 Å². The van der Waals surface area contributed by atoms with Crippen molar-refractivity contribution in [2.24, 2.45) is 5.73 Å². The fourth-order valence-corrected chi connectivity index (χ4v) is 2.52. The van der Waals surface area contributed by atoms with Gasteiger partial charge in [0.1, 0.15) is 5.75 Å². The number of thiophene rings is 1. The second-order valence-electron chi connectivity index (χ2n) is 4.45. The summed E-state index contributed by atoms with van der Waals surface area (Å²) in [7, 11) is 0. The number of carbonyl (C=O) groups is 1. The van der Waals surface area contributed by atoms with E-state index >= 15 is 0 Å². The molecule has 0 aliphatic heterocycles. The summed E-state index contributed by atoms with van der Waals surface area (Å²) < 4.78 is 0. The molecule has 1 aromatic carbocycles. The van der Waals surface area contributed by atoms with Crippen LogP contribution in [0, 0.1) is 18.8 Å². The minimum Gasteiger partial charge on any atom is -0.508 e. The predicted molar refractivity (Wildman–Crippen MR) is 84.3 cm³/mol. The zero-order chi connectivity index (χ0) is 15.2. The van der Waals surface area contributed by atoms with Crippen LogP contribution in [0.1, 0.15) is 26.4 Å². The molecular weight excluding hydrogens is 284 g/mol. The summed E-state index contributed by atoms with van der Waals surface area (Å²) in [6.45, 7) is 2.50. The van der Waals surface area contributed by atoms with Gasteiger partial charge in [-0.25, -0.2) is 0 Å². The van der Waals surface area contributed by atoms with Crippen molar-refractivity contribution >= 4 is 17.2 Å². The number of amides is 1. The average Bonchev–Trinajstić information content (AvgIpc) is 2.92. The van der Waals surface area contributed by atoms with Gasteiger partial charge < -0.3 is 16.2 Å². The molecule has 0 aliphatic rings. The van der Waals surface area contributed by atoms with E-state index in [1.807, 2.05) is 11.4 Å². The van der Waals surface area contributed by atoms with Crippen molar-refractivity contribution in [2.75, 3.05) is 6.54 Å². The Morgan fingerprint density at radius 3 is 2.95 bits per heavy atom. The highest BCUT2D eigenvalue weighted by Crippen LogP contribution is 2.18. The third kappa shape index (κ3) is 3.85. The van der Waals surface area contributed by atoms with Gasteiger partial charge in [-0.2, -0.15) is 0 Å². The second-order valence-corrected chi connectivity index (χ2v) is 5.45. The molecule has 0 saturated heterocycles. The van der Waals surface area contributed by atoms with Gasteiger partial charge >= 0.3 is 0 Å². The van der Waals surface area contributed by atoms with E-state index in [0.29, 0.717) is 18.7 Å². The van der Waals surface area contributed by atoms with Crippen LogP contribution in [0.2, 0.25) is 0 Å². The molecule has 0 aliphatic carbocycles. The average molecular weight is 300 g/mol. The zero-order valence-electron chi connectivity index (χ0n) is 11.6. The largest absolute Gasteiger partial charge is 0.508 e. The van der Waals surface area contributed by atoms with Gasteiger partial charge in [-0.1, -0.05) is 17.9 Å². The van der Waals surface area contributed by atoms with Gasteiger partial charge in [-0.15, -0.1) is 11.3 Å². The Balaban J connectivity index is 2.04.